The molecule has 2 rings (SSSR count). The van der Waals surface area contributed by atoms with Crippen LogP contribution in [0.25, 0.3) is 0 Å². The average Bonchev–Trinajstić information content (AvgIpc) is 2.49. The largest absolute Gasteiger partial charge is 0.386 e. The van der Waals surface area contributed by atoms with Crippen molar-refractivity contribution < 1.29 is 4.39 Å². The molecule has 0 radical (unpaired) electrons. The van der Waals surface area contributed by atoms with Crippen LogP contribution in [0.2, 0.25) is 0 Å². The molecule has 3 nitrogen and oxygen atoms in total. The number of nitrogens with one attached hydrogen (secondary N) is 1. The zero-order chi connectivity index (χ0) is 15.1. The topological polar surface area (TPSA) is 18.5 Å². The summed E-state index contributed by atoms with van der Waals surface area (Å²) in [4.78, 5) is 4.70. The smallest absolute Gasteiger partial charge is 0.148 e. The summed E-state index contributed by atoms with van der Waals surface area (Å²) in [7, 11) is 1.74. The van der Waals surface area contributed by atoms with Crippen LogP contribution in [0.1, 0.15) is 27.7 Å². The molecule has 1 aliphatic rings. The number of halogens is 1. The van der Waals surface area contributed by atoms with E-state index in [9.17, 15) is 4.39 Å². The SMILES string of the molecule is CC.CNc1ccc(N2CCN(C(C)C)CC2)cc1F. The minimum Gasteiger partial charge on any atom is -0.386 e. The Hall–Kier alpha value is -1.29. The summed E-state index contributed by atoms with van der Waals surface area (Å²) in [5.74, 6) is -0.179. The lowest BCUT2D eigenvalue weighted by molar-refractivity contribution is 0.209. The summed E-state index contributed by atoms with van der Waals surface area (Å²) < 4.78 is 13.7. The van der Waals surface area contributed by atoms with Gasteiger partial charge in [-0.3, -0.25) is 4.90 Å². The minimum absolute atomic E-state index is 0.179. The van der Waals surface area contributed by atoms with E-state index < -0.39 is 0 Å². The minimum atomic E-state index is -0.179. The van der Waals surface area contributed by atoms with Crippen molar-refractivity contribution in [3.05, 3.63) is 24.0 Å². The molecule has 0 bridgehead atoms. The fourth-order valence-electron chi connectivity index (χ4n) is 2.40. The van der Waals surface area contributed by atoms with E-state index in [1.54, 1.807) is 19.2 Å². The lowest BCUT2D eigenvalue weighted by Crippen LogP contribution is -2.48. The molecule has 1 fully saturated rings. The first-order valence-corrected chi connectivity index (χ1v) is 7.58. The van der Waals surface area contributed by atoms with E-state index in [2.05, 4.69) is 29.0 Å². The van der Waals surface area contributed by atoms with Crippen LogP contribution in [-0.2, 0) is 0 Å². The lowest BCUT2D eigenvalue weighted by atomic mass is 10.2. The zero-order valence-electron chi connectivity index (χ0n) is 13.4. The molecule has 1 heterocycles. The average molecular weight is 281 g/mol. The molecule has 0 aliphatic carbocycles. The van der Waals surface area contributed by atoms with Gasteiger partial charge in [0, 0.05) is 45.0 Å². The maximum atomic E-state index is 13.7. The van der Waals surface area contributed by atoms with Crippen LogP contribution in [-0.4, -0.2) is 44.2 Å². The number of nitrogens with zero attached hydrogens (tertiary/aromatic N) is 2. The van der Waals surface area contributed by atoms with Crippen molar-refractivity contribution in [2.24, 2.45) is 0 Å². The van der Waals surface area contributed by atoms with Crippen molar-refractivity contribution in [1.29, 1.82) is 0 Å². The summed E-state index contributed by atoms with van der Waals surface area (Å²) >= 11 is 0. The van der Waals surface area contributed by atoms with Gasteiger partial charge >= 0.3 is 0 Å². The van der Waals surface area contributed by atoms with E-state index in [4.69, 9.17) is 0 Å². The van der Waals surface area contributed by atoms with Crippen LogP contribution in [0.4, 0.5) is 15.8 Å². The molecule has 1 aromatic rings. The van der Waals surface area contributed by atoms with Crippen LogP contribution in [0, 0.1) is 5.82 Å². The molecule has 0 atom stereocenters. The maximum Gasteiger partial charge on any atom is 0.148 e. The standard InChI is InChI=1S/C14H22FN3.C2H6/c1-11(2)17-6-8-18(9-7-17)12-4-5-14(16-3)13(15)10-12;1-2/h4-5,10-11,16H,6-9H2,1-3H3;1-2H3. The first-order valence-electron chi connectivity index (χ1n) is 7.58. The monoisotopic (exact) mass is 281 g/mol. The third kappa shape index (κ3) is 4.10. The molecular weight excluding hydrogens is 253 g/mol. The molecule has 114 valence electrons. The normalized spacial score (nSPS) is 15.8. The fourth-order valence-corrected chi connectivity index (χ4v) is 2.40. The Morgan fingerprint density at radius 2 is 1.70 bits per heavy atom. The number of piperazine rings is 1. The highest BCUT2D eigenvalue weighted by Gasteiger charge is 2.19. The third-order valence-electron chi connectivity index (χ3n) is 3.63. The molecule has 0 unspecified atom stereocenters. The molecule has 1 aliphatic heterocycles. The van der Waals surface area contributed by atoms with Crippen LogP contribution < -0.4 is 10.2 Å². The van der Waals surface area contributed by atoms with E-state index in [1.807, 2.05) is 19.9 Å². The number of benzene rings is 1. The Labute approximate surface area is 122 Å². The highest BCUT2D eigenvalue weighted by Crippen LogP contribution is 2.23. The Balaban J connectivity index is 0.000000956. The van der Waals surface area contributed by atoms with Gasteiger partial charge in [0.05, 0.1) is 5.69 Å². The van der Waals surface area contributed by atoms with Gasteiger partial charge in [0.15, 0.2) is 0 Å². The second-order valence-corrected chi connectivity index (χ2v) is 5.03. The van der Waals surface area contributed by atoms with Crippen molar-refractivity contribution in [3.63, 3.8) is 0 Å². The molecule has 0 aromatic heterocycles. The second-order valence-electron chi connectivity index (χ2n) is 5.03. The van der Waals surface area contributed by atoms with Crippen LogP contribution >= 0.6 is 0 Å². The Morgan fingerprint density at radius 3 is 2.15 bits per heavy atom. The van der Waals surface area contributed by atoms with Crippen LogP contribution in [0.3, 0.4) is 0 Å². The van der Waals surface area contributed by atoms with Gasteiger partial charge in [-0.15, -0.1) is 0 Å². The summed E-state index contributed by atoms with van der Waals surface area (Å²) in [6.45, 7) is 12.5. The Kier molecular flexibility index (Phi) is 6.79. The molecule has 4 heteroatoms. The van der Waals surface area contributed by atoms with Gasteiger partial charge < -0.3 is 10.2 Å². The van der Waals surface area contributed by atoms with Crippen LogP contribution in [0.15, 0.2) is 18.2 Å². The van der Waals surface area contributed by atoms with E-state index in [-0.39, 0.29) is 5.82 Å². The highest BCUT2D eigenvalue weighted by atomic mass is 19.1. The maximum absolute atomic E-state index is 13.7. The predicted octanol–water partition coefficient (Wildman–Crippen LogP) is 3.42. The van der Waals surface area contributed by atoms with Gasteiger partial charge in [-0.1, -0.05) is 13.8 Å². The van der Waals surface area contributed by atoms with E-state index in [0.717, 1.165) is 31.9 Å². The molecule has 20 heavy (non-hydrogen) atoms. The molecule has 0 spiro atoms. The molecule has 0 saturated carbocycles. The van der Waals surface area contributed by atoms with Crippen molar-refractivity contribution in [1.82, 2.24) is 4.90 Å². The Bertz CT molecular complexity index is 399. The van der Waals surface area contributed by atoms with Crippen LogP contribution in [0.5, 0.6) is 0 Å². The molecular formula is C16H28FN3. The fraction of sp³-hybridized carbons (Fsp3) is 0.625. The lowest BCUT2D eigenvalue weighted by Gasteiger charge is -2.38. The van der Waals surface area contributed by atoms with Gasteiger partial charge in [-0.05, 0) is 32.0 Å². The van der Waals surface area contributed by atoms with E-state index >= 15 is 0 Å². The molecule has 1 aromatic carbocycles. The van der Waals surface area contributed by atoms with Crippen molar-refractivity contribution in [2.75, 3.05) is 43.4 Å². The Morgan fingerprint density at radius 1 is 1.10 bits per heavy atom. The number of rotatable bonds is 3. The van der Waals surface area contributed by atoms with Gasteiger partial charge in [0.25, 0.3) is 0 Å². The van der Waals surface area contributed by atoms with Gasteiger partial charge in [-0.2, -0.15) is 0 Å². The van der Waals surface area contributed by atoms with Gasteiger partial charge in [0.1, 0.15) is 5.82 Å². The number of hydrogen-bond donors (Lipinski definition) is 1. The number of hydrogen-bond acceptors (Lipinski definition) is 3. The van der Waals surface area contributed by atoms with Crippen molar-refractivity contribution in [2.45, 2.75) is 33.7 Å². The van der Waals surface area contributed by atoms with Gasteiger partial charge in [-0.25, -0.2) is 4.39 Å². The van der Waals surface area contributed by atoms with Gasteiger partial charge in [0.2, 0.25) is 0 Å². The summed E-state index contributed by atoms with van der Waals surface area (Å²) in [6.07, 6.45) is 0. The first kappa shape index (κ1) is 16.8. The van der Waals surface area contributed by atoms with Crippen molar-refractivity contribution >= 4 is 11.4 Å². The van der Waals surface area contributed by atoms with E-state index in [1.165, 1.54) is 0 Å². The molecule has 0 amide bonds. The second kappa shape index (κ2) is 8.10. The summed E-state index contributed by atoms with van der Waals surface area (Å²) in [5.41, 5.74) is 1.54. The molecule has 1 saturated heterocycles. The third-order valence-corrected chi connectivity index (χ3v) is 3.63. The predicted molar refractivity (Wildman–Crippen MR) is 86.2 cm³/mol. The first-order chi connectivity index (χ1) is 9.61. The summed E-state index contributed by atoms with van der Waals surface area (Å²) in [5, 5.41) is 2.85. The number of anilines is 2. The van der Waals surface area contributed by atoms with E-state index in [0.29, 0.717) is 11.7 Å². The summed E-state index contributed by atoms with van der Waals surface area (Å²) in [6, 6.07) is 6.01. The zero-order valence-corrected chi connectivity index (χ0v) is 13.4. The molecule has 1 N–H and O–H groups in total. The highest BCUT2D eigenvalue weighted by molar-refractivity contribution is 5.56. The van der Waals surface area contributed by atoms with Crippen molar-refractivity contribution in [3.8, 4) is 0 Å². The quantitative estimate of drug-likeness (QED) is 0.916.